The molecule has 1 aliphatic heterocycles. The Balaban J connectivity index is 2.55. The standard InChI is InChI=1S/C10H7F6NO/c11-8(12)6(17-4-2-1-3-5-17)7(18)9(13,14)10(8,15)16/h1-4,18H,5H2. The van der Waals surface area contributed by atoms with Gasteiger partial charge in [0.1, 0.15) is 5.70 Å². The Morgan fingerprint density at radius 2 is 1.61 bits per heavy atom. The lowest BCUT2D eigenvalue weighted by molar-refractivity contribution is -0.272. The number of aliphatic hydroxyl groups is 1. The number of aliphatic hydroxyl groups excluding tert-OH is 1. The Kier molecular flexibility index (Phi) is 2.47. The molecule has 2 rings (SSSR count). The molecule has 0 fully saturated rings. The van der Waals surface area contributed by atoms with Crippen molar-refractivity contribution in [1.29, 1.82) is 0 Å². The third-order valence-corrected chi connectivity index (χ3v) is 2.71. The van der Waals surface area contributed by atoms with Crippen molar-refractivity contribution < 1.29 is 31.4 Å². The van der Waals surface area contributed by atoms with Gasteiger partial charge < -0.3 is 10.0 Å². The molecule has 0 aromatic heterocycles. The highest BCUT2D eigenvalue weighted by Gasteiger charge is 2.82. The molecule has 2 nitrogen and oxygen atoms in total. The van der Waals surface area contributed by atoms with Gasteiger partial charge in [0.05, 0.1) is 0 Å². The van der Waals surface area contributed by atoms with Crippen LogP contribution < -0.4 is 0 Å². The van der Waals surface area contributed by atoms with Gasteiger partial charge >= 0.3 is 17.8 Å². The van der Waals surface area contributed by atoms with Crippen molar-refractivity contribution in [3.05, 3.63) is 35.9 Å². The van der Waals surface area contributed by atoms with E-state index >= 15 is 0 Å². The van der Waals surface area contributed by atoms with Crippen molar-refractivity contribution in [2.45, 2.75) is 17.8 Å². The fraction of sp³-hybridized carbons (Fsp3) is 0.400. The number of hydrogen-bond donors (Lipinski definition) is 1. The molecule has 0 aromatic carbocycles. The molecule has 1 aliphatic carbocycles. The zero-order valence-electron chi connectivity index (χ0n) is 8.68. The monoisotopic (exact) mass is 271 g/mol. The van der Waals surface area contributed by atoms with Crippen molar-refractivity contribution in [2.24, 2.45) is 0 Å². The van der Waals surface area contributed by atoms with Gasteiger partial charge in [-0.1, -0.05) is 12.2 Å². The Labute approximate surface area is 97.5 Å². The Bertz CT molecular complexity index is 465. The number of allylic oxidation sites excluding steroid dienone is 4. The lowest BCUT2D eigenvalue weighted by atomic mass is 10.1. The number of hydrogen-bond acceptors (Lipinski definition) is 2. The summed E-state index contributed by atoms with van der Waals surface area (Å²) in [7, 11) is 0. The predicted octanol–water partition coefficient (Wildman–Crippen LogP) is 3.06. The zero-order chi connectivity index (χ0) is 13.8. The highest BCUT2D eigenvalue weighted by atomic mass is 19.3. The van der Waals surface area contributed by atoms with Crippen LogP contribution in [0.25, 0.3) is 0 Å². The summed E-state index contributed by atoms with van der Waals surface area (Å²) in [5, 5.41) is 9.01. The van der Waals surface area contributed by atoms with Gasteiger partial charge in [0.25, 0.3) is 0 Å². The van der Waals surface area contributed by atoms with Crippen molar-refractivity contribution in [3.63, 3.8) is 0 Å². The third kappa shape index (κ3) is 1.31. The van der Waals surface area contributed by atoms with Gasteiger partial charge in [0.15, 0.2) is 5.76 Å². The summed E-state index contributed by atoms with van der Waals surface area (Å²) in [5.74, 6) is -18.4. The first-order chi connectivity index (χ1) is 8.14. The molecule has 0 saturated carbocycles. The molecule has 2 aliphatic rings. The first-order valence-corrected chi connectivity index (χ1v) is 4.81. The maximum atomic E-state index is 13.4. The zero-order valence-corrected chi connectivity index (χ0v) is 8.68. The normalized spacial score (nSPS) is 28.0. The Morgan fingerprint density at radius 3 is 2.00 bits per heavy atom. The molecule has 18 heavy (non-hydrogen) atoms. The van der Waals surface area contributed by atoms with E-state index in [1.54, 1.807) is 0 Å². The quantitative estimate of drug-likeness (QED) is 0.741. The maximum absolute atomic E-state index is 13.4. The summed E-state index contributed by atoms with van der Waals surface area (Å²) in [4.78, 5) is 0.462. The van der Waals surface area contributed by atoms with Crippen molar-refractivity contribution in [3.8, 4) is 0 Å². The molecule has 8 heteroatoms. The van der Waals surface area contributed by atoms with Crippen LogP contribution in [-0.2, 0) is 0 Å². The molecule has 0 spiro atoms. The molecule has 0 amide bonds. The number of alkyl halides is 6. The summed E-state index contributed by atoms with van der Waals surface area (Å²) >= 11 is 0. The molecule has 1 N–H and O–H groups in total. The van der Waals surface area contributed by atoms with E-state index in [9.17, 15) is 26.3 Å². The number of rotatable bonds is 1. The molecular weight excluding hydrogens is 264 g/mol. The third-order valence-electron chi connectivity index (χ3n) is 2.71. The summed E-state index contributed by atoms with van der Waals surface area (Å²) in [5.41, 5.74) is -1.77. The average Bonchev–Trinajstić information content (AvgIpc) is 2.37. The molecule has 0 saturated heterocycles. The van der Waals surface area contributed by atoms with E-state index in [2.05, 4.69) is 0 Å². The van der Waals surface area contributed by atoms with Crippen LogP contribution in [0.15, 0.2) is 35.9 Å². The fourth-order valence-corrected chi connectivity index (χ4v) is 1.74. The van der Waals surface area contributed by atoms with Gasteiger partial charge in [-0.05, 0) is 6.08 Å². The van der Waals surface area contributed by atoms with E-state index in [1.807, 2.05) is 0 Å². The second-order valence-corrected chi connectivity index (χ2v) is 3.84. The highest BCUT2D eigenvalue weighted by Crippen LogP contribution is 2.59. The highest BCUT2D eigenvalue weighted by molar-refractivity contribution is 5.38. The van der Waals surface area contributed by atoms with Crippen LogP contribution in [0.3, 0.4) is 0 Å². The smallest absolute Gasteiger partial charge is 0.385 e. The van der Waals surface area contributed by atoms with E-state index in [-0.39, 0.29) is 6.54 Å². The van der Waals surface area contributed by atoms with Crippen LogP contribution in [0, 0.1) is 0 Å². The largest absolute Gasteiger partial charge is 0.505 e. The molecular formula is C10H7F6NO. The lowest BCUT2D eigenvalue weighted by Gasteiger charge is -2.28. The Morgan fingerprint density at radius 1 is 1.00 bits per heavy atom. The van der Waals surface area contributed by atoms with Crippen LogP contribution in [-0.4, -0.2) is 34.3 Å². The summed E-state index contributed by atoms with van der Waals surface area (Å²) in [6, 6.07) is 0. The van der Waals surface area contributed by atoms with Crippen molar-refractivity contribution in [2.75, 3.05) is 6.54 Å². The number of halogens is 6. The second-order valence-electron chi connectivity index (χ2n) is 3.84. The van der Waals surface area contributed by atoms with Crippen LogP contribution in [0.2, 0.25) is 0 Å². The summed E-state index contributed by atoms with van der Waals surface area (Å²) in [6.45, 7) is -0.308. The minimum absolute atomic E-state index is 0.308. The minimum Gasteiger partial charge on any atom is -0.505 e. The van der Waals surface area contributed by atoms with Gasteiger partial charge in [0, 0.05) is 12.7 Å². The molecule has 1 heterocycles. The second kappa shape index (κ2) is 3.46. The van der Waals surface area contributed by atoms with Gasteiger partial charge in [-0.15, -0.1) is 0 Å². The molecule has 0 unspecified atom stereocenters. The van der Waals surface area contributed by atoms with Crippen LogP contribution in [0.4, 0.5) is 26.3 Å². The predicted molar refractivity (Wildman–Crippen MR) is 49.5 cm³/mol. The van der Waals surface area contributed by atoms with Gasteiger partial charge in [0.2, 0.25) is 0 Å². The first-order valence-electron chi connectivity index (χ1n) is 4.81. The SMILES string of the molecule is OC1=C(N2C=CC=CC2)C(F)(F)C(F)(F)C1(F)F. The fourth-order valence-electron chi connectivity index (χ4n) is 1.74. The van der Waals surface area contributed by atoms with E-state index in [0.717, 1.165) is 6.20 Å². The van der Waals surface area contributed by atoms with Crippen LogP contribution >= 0.6 is 0 Å². The minimum atomic E-state index is -5.66. The molecule has 0 bridgehead atoms. The van der Waals surface area contributed by atoms with Crippen LogP contribution in [0.5, 0.6) is 0 Å². The number of nitrogens with zero attached hydrogens (tertiary/aromatic N) is 1. The van der Waals surface area contributed by atoms with Crippen molar-refractivity contribution >= 4 is 0 Å². The maximum Gasteiger partial charge on any atom is 0.385 e. The van der Waals surface area contributed by atoms with E-state index < -0.39 is 29.2 Å². The first kappa shape index (κ1) is 12.8. The van der Waals surface area contributed by atoms with Gasteiger partial charge in [-0.2, -0.15) is 26.3 Å². The molecule has 0 aromatic rings. The topological polar surface area (TPSA) is 23.5 Å². The lowest BCUT2D eigenvalue weighted by Crippen LogP contribution is -2.50. The van der Waals surface area contributed by atoms with Crippen molar-refractivity contribution in [1.82, 2.24) is 4.90 Å². The van der Waals surface area contributed by atoms with Gasteiger partial charge in [-0.25, -0.2) is 0 Å². The van der Waals surface area contributed by atoms with Crippen LogP contribution in [0.1, 0.15) is 0 Å². The molecule has 0 radical (unpaired) electrons. The molecule has 0 atom stereocenters. The summed E-state index contributed by atoms with van der Waals surface area (Å²) < 4.78 is 78.7. The average molecular weight is 271 g/mol. The van der Waals surface area contributed by atoms with Gasteiger partial charge in [-0.3, -0.25) is 0 Å². The van der Waals surface area contributed by atoms with E-state index in [0.29, 0.717) is 4.90 Å². The summed E-state index contributed by atoms with van der Waals surface area (Å²) in [6.07, 6.45) is 4.84. The van der Waals surface area contributed by atoms with E-state index in [4.69, 9.17) is 5.11 Å². The van der Waals surface area contributed by atoms with E-state index in [1.165, 1.54) is 18.2 Å². The Hall–Kier alpha value is -1.60. The molecule has 100 valence electrons.